The Kier molecular flexibility index (Phi) is 3.91. The van der Waals surface area contributed by atoms with Crippen LogP contribution >= 0.6 is 0 Å². The van der Waals surface area contributed by atoms with Gasteiger partial charge in [0.15, 0.2) is 0 Å². The number of rotatable bonds is 3. The van der Waals surface area contributed by atoms with Gasteiger partial charge in [-0.3, -0.25) is 9.69 Å². The molecule has 0 radical (unpaired) electrons. The number of hydrogen-bond acceptors (Lipinski definition) is 4. The molecule has 2 rings (SSSR count). The van der Waals surface area contributed by atoms with Gasteiger partial charge >= 0.3 is 0 Å². The van der Waals surface area contributed by atoms with Gasteiger partial charge in [-0.05, 0) is 19.9 Å². The lowest BCUT2D eigenvalue weighted by atomic mass is 10.3. The van der Waals surface area contributed by atoms with Crippen LogP contribution in [-0.2, 0) is 6.54 Å². The predicted octanol–water partition coefficient (Wildman–Crippen LogP) is 0.229. The zero-order valence-corrected chi connectivity index (χ0v) is 10.5. The van der Waals surface area contributed by atoms with E-state index < -0.39 is 0 Å². The minimum absolute atomic E-state index is 0.0240. The molecule has 0 aliphatic carbocycles. The van der Waals surface area contributed by atoms with E-state index in [0.29, 0.717) is 0 Å². The molecule has 0 aromatic carbocycles. The summed E-state index contributed by atoms with van der Waals surface area (Å²) < 4.78 is 1.55. The Hall–Kier alpha value is -1.20. The van der Waals surface area contributed by atoms with Crippen LogP contribution in [0.4, 0.5) is 0 Å². The summed E-state index contributed by atoms with van der Waals surface area (Å²) in [6.07, 6.45) is 0. The molecule has 5 nitrogen and oxygen atoms in total. The van der Waals surface area contributed by atoms with E-state index in [4.69, 9.17) is 0 Å². The maximum absolute atomic E-state index is 11.6. The molecule has 0 atom stereocenters. The fourth-order valence-corrected chi connectivity index (χ4v) is 2.02. The molecule has 1 fully saturated rings. The van der Waals surface area contributed by atoms with Crippen LogP contribution in [-0.4, -0.2) is 40.9 Å². The zero-order valence-electron chi connectivity index (χ0n) is 10.5. The van der Waals surface area contributed by atoms with Gasteiger partial charge in [-0.25, -0.2) is 4.68 Å². The average Bonchev–Trinajstić information content (AvgIpc) is 2.32. The number of aromatic nitrogens is 2. The van der Waals surface area contributed by atoms with Gasteiger partial charge in [-0.2, -0.15) is 5.10 Å². The minimum atomic E-state index is -0.0240. The maximum Gasteiger partial charge on any atom is 0.266 e. The first-order chi connectivity index (χ1) is 8.16. The Morgan fingerprint density at radius 1 is 1.35 bits per heavy atom. The van der Waals surface area contributed by atoms with Crippen molar-refractivity contribution in [3.05, 3.63) is 28.2 Å². The number of nitrogens with one attached hydrogen (secondary N) is 1. The number of nitrogens with zero attached hydrogens (tertiary/aromatic N) is 3. The predicted molar refractivity (Wildman–Crippen MR) is 67.0 cm³/mol. The molecule has 0 bridgehead atoms. The monoisotopic (exact) mass is 236 g/mol. The van der Waals surface area contributed by atoms with Crippen LogP contribution in [0.1, 0.15) is 25.6 Å². The van der Waals surface area contributed by atoms with Crippen molar-refractivity contribution in [3.8, 4) is 0 Å². The van der Waals surface area contributed by atoms with E-state index in [1.54, 1.807) is 10.7 Å². The van der Waals surface area contributed by atoms with Crippen molar-refractivity contribution in [2.75, 3.05) is 26.2 Å². The molecule has 1 aliphatic rings. The van der Waals surface area contributed by atoms with Crippen LogP contribution in [0.25, 0.3) is 0 Å². The first-order valence-electron chi connectivity index (χ1n) is 6.18. The van der Waals surface area contributed by atoms with E-state index in [-0.39, 0.29) is 11.6 Å². The Balaban J connectivity index is 2.10. The molecule has 94 valence electrons. The quantitative estimate of drug-likeness (QED) is 0.816. The fourth-order valence-electron chi connectivity index (χ4n) is 2.02. The van der Waals surface area contributed by atoms with E-state index in [9.17, 15) is 4.79 Å². The molecular weight excluding hydrogens is 216 g/mol. The van der Waals surface area contributed by atoms with E-state index in [2.05, 4.69) is 15.3 Å². The highest BCUT2D eigenvalue weighted by atomic mass is 16.1. The molecule has 1 aromatic rings. The van der Waals surface area contributed by atoms with Crippen molar-refractivity contribution in [1.82, 2.24) is 20.0 Å². The SMILES string of the molecule is CC(C)n1nc(CN2CCNCC2)ccc1=O. The Morgan fingerprint density at radius 3 is 2.71 bits per heavy atom. The van der Waals surface area contributed by atoms with Gasteiger partial charge < -0.3 is 5.32 Å². The molecule has 17 heavy (non-hydrogen) atoms. The van der Waals surface area contributed by atoms with Gasteiger partial charge in [0.1, 0.15) is 0 Å². The molecular formula is C12H20N4O. The third-order valence-corrected chi connectivity index (χ3v) is 2.96. The highest BCUT2D eigenvalue weighted by Crippen LogP contribution is 2.03. The highest BCUT2D eigenvalue weighted by Gasteiger charge is 2.11. The molecule has 1 N–H and O–H groups in total. The van der Waals surface area contributed by atoms with Crippen molar-refractivity contribution < 1.29 is 0 Å². The lowest BCUT2D eigenvalue weighted by Crippen LogP contribution is -2.43. The van der Waals surface area contributed by atoms with Gasteiger partial charge in [0.2, 0.25) is 0 Å². The third-order valence-electron chi connectivity index (χ3n) is 2.96. The largest absolute Gasteiger partial charge is 0.314 e. The van der Waals surface area contributed by atoms with Crippen LogP contribution in [0.2, 0.25) is 0 Å². The Labute approximate surface area is 101 Å². The van der Waals surface area contributed by atoms with Crippen LogP contribution in [0.3, 0.4) is 0 Å². The minimum Gasteiger partial charge on any atom is -0.314 e. The summed E-state index contributed by atoms with van der Waals surface area (Å²) in [6, 6.07) is 3.57. The summed E-state index contributed by atoms with van der Waals surface area (Å²) in [5.41, 5.74) is 0.948. The summed E-state index contributed by atoms with van der Waals surface area (Å²) in [7, 11) is 0. The van der Waals surface area contributed by atoms with Crippen molar-refractivity contribution >= 4 is 0 Å². The van der Waals surface area contributed by atoms with Gasteiger partial charge in [0, 0.05) is 38.8 Å². The van der Waals surface area contributed by atoms with Crippen molar-refractivity contribution in [2.24, 2.45) is 0 Å². The average molecular weight is 236 g/mol. The van der Waals surface area contributed by atoms with Crippen molar-refractivity contribution in [1.29, 1.82) is 0 Å². The summed E-state index contributed by atoms with van der Waals surface area (Å²) in [5.74, 6) is 0. The normalized spacial score (nSPS) is 17.6. The standard InChI is InChI=1S/C12H20N4O/c1-10(2)16-12(17)4-3-11(14-16)9-15-7-5-13-6-8-15/h3-4,10,13H,5-9H2,1-2H3. The van der Waals surface area contributed by atoms with E-state index in [1.165, 1.54) is 0 Å². The van der Waals surface area contributed by atoms with Crippen molar-refractivity contribution in [3.63, 3.8) is 0 Å². The molecule has 1 aromatic heterocycles. The highest BCUT2D eigenvalue weighted by molar-refractivity contribution is 5.01. The van der Waals surface area contributed by atoms with E-state index >= 15 is 0 Å². The third kappa shape index (κ3) is 3.14. The molecule has 1 saturated heterocycles. The van der Waals surface area contributed by atoms with E-state index in [0.717, 1.165) is 38.4 Å². The van der Waals surface area contributed by atoms with Gasteiger partial charge in [-0.1, -0.05) is 0 Å². The van der Waals surface area contributed by atoms with Crippen LogP contribution in [0, 0.1) is 0 Å². The van der Waals surface area contributed by atoms with Crippen LogP contribution in [0.15, 0.2) is 16.9 Å². The second kappa shape index (κ2) is 5.42. The molecule has 1 aliphatic heterocycles. The van der Waals surface area contributed by atoms with Gasteiger partial charge in [0.05, 0.1) is 11.7 Å². The first-order valence-corrected chi connectivity index (χ1v) is 6.18. The van der Waals surface area contributed by atoms with Gasteiger partial charge in [0.25, 0.3) is 5.56 Å². The summed E-state index contributed by atoms with van der Waals surface area (Å²) in [6.45, 7) is 8.93. The number of piperazine rings is 1. The molecule has 0 unspecified atom stereocenters. The fraction of sp³-hybridized carbons (Fsp3) is 0.667. The van der Waals surface area contributed by atoms with E-state index in [1.807, 2.05) is 19.9 Å². The van der Waals surface area contributed by atoms with Crippen LogP contribution in [0.5, 0.6) is 0 Å². The molecule has 0 spiro atoms. The molecule has 5 heteroatoms. The van der Waals surface area contributed by atoms with Gasteiger partial charge in [-0.15, -0.1) is 0 Å². The molecule has 0 amide bonds. The van der Waals surface area contributed by atoms with Crippen LogP contribution < -0.4 is 10.9 Å². The smallest absolute Gasteiger partial charge is 0.266 e. The lowest BCUT2D eigenvalue weighted by Gasteiger charge is -2.26. The number of hydrogen-bond donors (Lipinski definition) is 1. The topological polar surface area (TPSA) is 50.2 Å². The summed E-state index contributed by atoms with van der Waals surface area (Å²) in [5, 5.41) is 7.73. The summed E-state index contributed by atoms with van der Waals surface area (Å²) >= 11 is 0. The molecule has 0 saturated carbocycles. The second-order valence-corrected chi connectivity index (χ2v) is 4.73. The lowest BCUT2D eigenvalue weighted by molar-refractivity contribution is 0.228. The zero-order chi connectivity index (χ0) is 12.3. The van der Waals surface area contributed by atoms with Crippen molar-refractivity contribution in [2.45, 2.75) is 26.4 Å². The summed E-state index contributed by atoms with van der Waals surface area (Å²) in [4.78, 5) is 13.9. The Morgan fingerprint density at radius 2 is 2.06 bits per heavy atom. The first kappa shape index (κ1) is 12.3. The maximum atomic E-state index is 11.6. The Bertz CT molecular complexity index is 421. The molecule has 2 heterocycles. The second-order valence-electron chi connectivity index (χ2n) is 4.73.